The molecule has 1 rings (SSSR count). The van der Waals surface area contributed by atoms with E-state index < -0.39 is 0 Å². The van der Waals surface area contributed by atoms with Gasteiger partial charge in [-0.15, -0.1) is 0 Å². The van der Waals surface area contributed by atoms with Crippen LogP contribution in [0.2, 0.25) is 5.02 Å². The van der Waals surface area contributed by atoms with Crippen LogP contribution in [0.4, 0.5) is 5.82 Å². The molecule has 0 saturated heterocycles. The Balaban J connectivity index is 2.73. The normalized spacial score (nSPS) is 10.6. The molecule has 4 nitrogen and oxygen atoms in total. The Morgan fingerprint density at radius 3 is 2.86 bits per heavy atom. The molecule has 0 spiro atoms. The molecular formula is C9H14ClN3O. The van der Waals surface area contributed by atoms with Crippen molar-refractivity contribution in [1.82, 2.24) is 4.98 Å². The Morgan fingerprint density at radius 1 is 1.57 bits per heavy atom. The van der Waals surface area contributed by atoms with Crippen molar-refractivity contribution in [1.29, 1.82) is 0 Å². The van der Waals surface area contributed by atoms with Crippen molar-refractivity contribution in [3.05, 3.63) is 22.8 Å². The number of rotatable bonds is 4. The lowest BCUT2D eigenvalue weighted by Crippen LogP contribution is -2.10. The molecule has 0 unspecified atom stereocenters. The van der Waals surface area contributed by atoms with Crippen molar-refractivity contribution in [2.24, 2.45) is 5.84 Å². The topological polar surface area (TPSA) is 60.2 Å². The molecule has 0 atom stereocenters. The maximum atomic E-state index is 5.93. The fourth-order valence-electron chi connectivity index (χ4n) is 0.912. The first-order valence-corrected chi connectivity index (χ1v) is 4.75. The van der Waals surface area contributed by atoms with Crippen LogP contribution in [0.5, 0.6) is 0 Å². The minimum Gasteiger partial charge on any atom is -0.372 e. The van der Waals surface area contributed by atoms with Crippen molar-refractivity contribution >= 4 is 17.4 Å². The lowest BCUT2D eigenvalue weighted by molar-refractivity contribution is 0.0637. The monoisotopic (exact) mass is 215 g/mol. The van der Waals surface area contributed by atoms with Crippen molar-refractivity contribution < 1.29 is 4.74 Å². The van der Waals surface area contributed by atoms with Crippen molar-refractivity contribution in [2.45, 2.75) is 26.6 Å². The second kappa shape index (κ2) is 5.14. The first kappa shape index (κ1) is 11.2. The first-order valence-electron chi connectivity index (χ1n) is 4.37. The molecule has 1 aromatic rings. The van der Waals surface area contributed by atoms with Crippen LogP contribution in [0.1, 0.15) is 19.5 Å². The van der Waals surface area contributed by atoms with Crippen LogP contribution < -0.4 is 11.3 Å². The van der Waals surface area contributed by atoms with Gasteiger partial charge in [0, 0.05) is 0 Å². The second-order valence-electron chi connectivity index (χ2n) is 3.13. The highest BCUT2D eigenvalue weighted by Crippen LogP contribution is 2.17. The van der Waals surface area contributed by atoms with Gasteiger partial charge in [0.25, 0.3) is 0 Å². The zero-order valence-corrected chi connectivity index (χ0v) is 9.01. The van der Waals surface area contributed by atoms with Gasteiger partial charge < -0.3 is 10.2 Å². The Kier molecular flexibility index (Phi) is 4.13. The van der Waals surface area contributed by atoms with E-state index in [9.17, 15) is 0 Å². The van der Waals surface area contributed by atoms with Gasteiger partial charge in [-0.25, -0.2) is 10.8 Å². The van der Waals surface area contributed by atoms with Gasteiger partial charge in [0.2, 0.25) is 0 Å². The van der Waals surface area contributed by atoms with Crippen molar-refractivity contribution in [2.75, 3.05) is 5.43 Å². The fraction of sp³-hybridized carbons (Fsp3) is 0.444. The molecule has 0 aliphatic heterocycles. The summed E-state index contributed by atoms with van der Waals surface area (Å²) in [5.41, 5.74) is 3.15. The molecule has 0 aromatic carbocycles. The summed E-state index contributed by atoms with van der Waals surface area (Å²) in [4.78, 5) is 4.17. The van der Waals surface area contributed by atoms with Crippen LogP contribution in [-0.4, -0.2) is 11.1 Å². The molecule has 1 heterocycles. The van der Waals surface area contributed by atoms with E-state index in [0.29, 0.717) is 23.1 Å². The number of nitrogens with one attached hydrogen (secondary N) is 1. The molecule has 0 radical (unpaired) electrons. The smallest absolute Gasteiger partial charge is 0.140 e. The third kappa shape index (κ3) is 3.14. The van der Waals surface area contributed by atoms with Gasteiger partial charge in [-0.2, -0.15) is 0 Å². The average molecular weight is 216 g/mol. The SMILES string of the molecule is CC(C)OCc1nc(NN)ccc1Cl. The van der Waals surface area contributed by atoms with E-state index in [1.807, 2.05) is 13.8 Å². The number of aromatic nitrogens is 1. The quantitative estimate of drug-likeness (QED) is 0.595. The van der Waals surface area contributed by atoms with Crippen LogP contribution in [0.25, 0.3) is 0 Å². The van der Waals surface area contributed by atoms with E-state index in [4.69, 9.17) is 22.2 Å². The molecular weight excluding hydrogens is 202 g/mol. The highest BCUT2D eigenvalue weighted by atomic mass is 35.5. The van der Waals surface area contributed by atoms with E-state index in [1.54, 1.807) is 12.1 Å². The highest BCUT2D eigenvalue weighted by molar-refractivity contribution is 6.31. The fourth-order valence-corrected chi connectivity index (χ4v) is 1.07. The molecule has 3 N–H and O–H groups in total. The molecule has 14 heavy (non-hydrogen) atoms. The molecule has 78 valence electrons. The third-order valence-corrected chi connectivity index (χ3v) is 1.96. The standard InChI is InChI=1S/C9H14ClN3O/c1-6(2)14-5-8-7(10)3-4-9(12-8)13-11/h3-4,6H,5,11H2,1-2H3,(H,12,13). The summed E-state index contributed by atoms with van der Waals surface area (Å²) in [5, 5.41) is 0.588. The number of anilines is 1. The predicted octanol–water partition coefficient (Wildman–Crippen LogP) is 1.95. The molecule has 0 aliphatic carbocycles. The summed E-state index contributed by atoms with van der Waals surface area (Å²) in [6.45, 7) is 4.31. The Morgan fingerprint density at radius 2 is 2.29 bits per heavy atom. The zero-order chi connectivity index (χ0) is 10.6. The lowest BCUT2D eigenvalue weighted by Gasteiger charge is -2.09. The Hall–Kier alpha value is -0.840. The summed E-state index contributed by atoms with van der Waals surface area (Å²) < 4.78 is 5.39. The Bertz CT molecular complexity index is 304. The molecule has 1 aromatic heterocycles. The number of nitrogens with two attached hydrogens (primary N) is 1. The van der Waals surface area contributed by atoms with Crippen LogP contribution in [0.3, 0.4) is 0 Å². The summed E-state index contributed by atoms with van der Waals surface area (Å²) in [6.07, 6.45) is 0.155. The second-order valence-corrected chi connectivity index (χ2v) is 3.54. The zero-order valence-electron chi connectivity index (χ0n) is 8.25. The largest absolute Gasteiger partial charge is 0.372 e. The van der Waals surface area contributed by atoms with Gasteiger partial charge >= 0.3 is 0 Å². The molecule has 0 aliphatic rings. The van der Waals surface area contributed by atoms with E-state index >= 15 is 0 Å². The number of hydrogen-bond acceptors (Lipinski definition) is 4. The predicted molar refractivity (Wildman–Crippen MR) is 57.0 cm³/mol. The molecule has 0 amide bonds. The number of ether oxygens (including phenoxy) is 1. The molecule has 0 bridgehead atoms. The van der Waals surface area contributed by atoms with Crippen molar-refractivity contribution in [3.8, 4) is 0 Å². The lowest BCUT2D eigenvalue weighted by atomic mass is 10.3. The van der Waals surface area contributed by atoms with Crippen LogP contribution in [0, 0.1) is 0 Å². The number of nitrogens with zero attached hydrogens (tertiary/aromatic N) is 1. The van der Waals surface area contributed by atoms with Crippen LogP contribution in [-0.2, 0) is 11.3 Å². The van der Waals surface area contributed by atoms with E-state index in [0.717, 1.165) is 0 Å². The molecule has 5 heteroatoms. The highest BCUT2D eigenvalue weighted by Gasteiger charge is 2.04. The number of pyridine rings is 1. The van der Waals surface area contributed by atoms with E-state index in [1.165, 1.54) is 0 Å². The summed E-state index contributed by atoms with van der Waals surface area (Å²) >= 11 is 5.93. The van der Waals surface area contributed by atoms with Crippen molar-refractivity contribution in [3.63, 3.8) is 0 Å². The Labute approximate surface area is 88.4 Å². The number of hydrazine groups is 1. The maximum Gasteiger partial charge on any atom is 0.140 e. The first-order chi connectivity index (χ1) is 6.63. The van der Waals surface area contributed by atoms with E-state index in [2.05, 4.69) is 10.4 Å². The van der Waals surface area contributed by atoms with E-state index in [-0.39, 0.29) is 6.10 Å². The van der Waals surface area contributed by atoms with Gasteiger partial charge in [-0.05, 0) is 26.0 Å². The van der Waals surface area contributed by atoms with Crippen LogP contribution >= 0.6 is 11.6 Å². The summed E-state index contributed by atoms with van der Waals surface area (Å²) in [7, 11) is 0. The average Bonchev–Trinajstić information content (AvgIpc) is 2.16. The maximum absolute atomic E-state index is 5.93. The van der Waals surface area contributed by atoms with Gasteiger partial charge in [0.05, 0.1) is 23.4 Å². The van der Waals surface area contributed by atoms with Gasteiger partial charge in [0.15, 0.2) is 0 Å². The third-order valence-electron chi connectivity index (χ3n) is 1.62. The van der Waals surface area contributed by atoms with Crippen LogP contribution in [0.15, 0.2) is 12.1 Å². The summed E-state index contributed by atoms with van der Waals surface area (Å²) in [6, 6.07) is 3.45. The number of hydrogen-bond donors (Lipinski definition) is 2. The van der Waals surface area contributed by atoms with Gasteiger partial charge in [-0.1, -0.05) is 11.6 Å². The van der Waals surface area contributed by atoms with Gasteiger partial charge in [0.1, 0.15) is 5.82 Å². The van der Waals surface area contributed by atoms with Gasteiger partial charge in [-0.3, -0.25) is 0 Å². The summed E-state index contributed by atoms with van der Waals surface area (Å²) in [5.74, 6) is 5.81. The molecule has 0 saturated carbocycles. The molecule has 0 fully saturated rings. The number of halogens is 1. The minimum atomic E-state index is 0.155. The minimum absolute atomic E-state index is 0.155. The number of nitrogen functional groups attached to an aromatic ring is 1.